The van der Waals surface area contributed by atoms with Crippen molar-refractivity contribution in [2.24, 2.45) is 5.10 Å². The molecule has 1 heterocycles. The van der Waals surface area contributed by atoms with E-state index in [2.05, 4.69) is 10.4 Å². The van der Waals surface area contributed by atoms with Crippen LogP contribution in [-0.4, -0.2) is 28.7 Å². The van der Waals surface area contributed by atoms with E-state index in [1.54, 1.807) is 6.92 Å². The van der Waals surface area contributed by atoms with Crippen LogP contribution in [0.25, 0.3) is 0 Å². The first-order chi connectivity index (χ1) is 12.5. The number of hydrogen-bond donors (Lipinski definition) is 1. The number of carbonyl (C=O) groups excluding carboxylic acids is 2. The van der Waals surface area contributed by atoms with Gasteiger partial charge >= 0.3 is 6.03 Å². The quantitative estimate of drug-likeness (QED) is 0.641. The zero-order valence-corrected chi connectivity index (χ0v) is 14.8. The van der Waals surface area contributed by atoms with E-state index in [1.807, 2.05) is 61.5 Å². The fourth-order valence-electron chi connectivity index (χ4n) is 2.59. The highest BCUT2D eigenvalue weighted by atomic mass is 16.5. The molecule has 2 aromatic rings. The van der Waals surface area contributed by atoms with Gasteiger partial charge < -0.3 is 10.1 Å². The lowest BCUT2D eigenvalue weighted by atomic mass is 10.00. The Bertz CT molecular complexity index is 835. The summed E-state index contributed by atoms with van der Waals surface area (Å²) in [4.78, 5) is 24.4. The molecule has 6 heteroatoms. The minimum atomic E-state index is -0.905. The molecule has 1 saturated heterocycles. The second-order valence-electron chi connectivity index (χ2n) is 6.29. The summed E-state index contributed by atoms with van der Waals surface area (Å²) in [6.45, 7) is 3.96. The normalized spacial score (nSPS) is 19.8. The summed E-state index contributed by atoms with van der Waals surface area (Å²) in [5.74, 6) is 0.273. The van der Waals surface area contributed by atoms with Gasteiger partial charge in [-0.15, -0.1) is 5.01 Å². The molecule has 1 N–H and O–H groups in total. The minimum absolute atomic E-state index is 0.357. The van der Waals surface area contributed by atoms with Crippen LogP contribution in [0.3, 0.4) is 0 Å². The molecule has 0 unspecified atom stereocenters. The number of nitrogens with one attached hydrogen (secondary N) is 1. The molecular weight excluding hydrogens is 330 g/mol. The molecule has 134 valence electrons. The summed E-state index contributed by atoms with van der Waals surface area (Å²) >= 11 is 0. The van der Waals surface area contributed by atoms with E-state index in [9.17, 15) is 9.59 Å². The van der Waals surface area contributed by atoms with E-state index in [1.165, 1.54) is 6.21 Å². The first-order valence-electron chi connectivity index (χ1n) is 8.50. The van der Waals surface area contributed by atoms with Crippen molar-refractivity contribution < 1.29 is 14.3 Å². The number of nitrogens with zero attached hydrogens (tertiary/aromatic N) is 2. The molecule has 0 spiro atoms. The molecule has 6 nitrogen and oxygen atoms in total. The number of hydrogen-bond acceptors (Lipinski definition) is 4. The molecular formula is C20H21N3O3. The number of rotatable bonds is 6. The largest absolute Gasteiger partial charge is 0.488 e. The molecule has 1 atom stereocenters. The molecule has 0 aromatic heterocycles. The van der Waals surface area contributed by atoms with Gasteiger partial charge in [-0.1, -0.05) is 49.4 Å². The number of imide groups is 1. The predicted octanol–water partition coefficient (Wildman–Crippen LogP) is 3.32. The van der Waals surface area contributed by atoms with Gasteiger partial charge in [0, 0.05) is 5.56 Å². The van der Waals surface area contributed by atoms with Crippen LogP contribution in [0.2, 0.25) is 0 Å². The summed E-state index contributed by atoms with van der Waals surface area (Å²) in [5, 5.41) is 7.62. The Morgan fingerprint density at radius 2 is 1.81 bits per heavy atom. The Balaban J connectivity index is 1.75. The molecule has 1 aliphatic heterocycles. The molecule has 3 amide bonds. The smallest absolute Gasteiger partial charge is 0.346 e. The standard InChI is InChI=1S/C20H21N3O3/c1-3-20(2)18(24)23(19(25)22-20)21-13-16-11-7-8-12-17(16)26-14-15-9-5-4-6-10-15/h4-13H,3,14H2,1-2H3,(H,22,25)/b21-13-/t20-/m1/s1. The van der Waals surface area contributed by atoms with E-state index in [4.69, 9.17) is 4.74 Å². The molecule has 0 saturated carbocycles. The summed E-state index contributed by atoms with van der Waals surface area (Å²) in [5.41, 5.74) is 0.832. The van der Waals surface area contributed by atoms with Crippen molar-refractivity contribution in [2.75, 3.05) is 0 Å². The maximum atomic E-state index is 12.4. The van der Waals surface area contributed by atoms with Crippen molar-refractivity contribution >= 4 is 18.2 Å². The van der Waals surface area contributed by atoms with Gasteiger partial charge in [0.15, 0.2) is 0 Å². The van der Waals surface area contributed by atoms with Crippen molar-refractivity contribution in [3.05, 3.63) is 65.7 Å². The van der Waals surface area contributed by atoms with Gasteiger partial charge in [0.1, 0.15) is 17.9 Å². The molecule has 1 fully saturated rings. The molecule has 0 radical (unpaired) electrons. The van der Waals surface area contributed by atoms with Crippen LogP contribution in [0.4, 0.5) is 4.79 Å². The average molecular weight is 351 g/mol. The van der Waals surface area contributed by atoms with Gasteiger partial charge in [0.05, 0.1) is 6.21 Å². The van der Waals surface area contributed by atoms with Gasteiger partial charge in [0.25, 0.3) is 5.91 Å². The topological polar surface area (TPSA) is 71.0 Å². The van der Waals surface area contributed by atoms with Gasteiger partial charge in [-0.2, -0.15) is 5.10 Å². The number of benzene rings is 2. The van der Waals surface area contributed by atoms with E-state index in [0.717, 1.165) is 10.6 Å². The van der Waals surface area contributed by atoms with Crippen LogP contribution >= 0.6 is 0 Å². The third kappa shape index (κ3) is 3.59. The van der Waals surface area contributed by atoms with Crippen LogP contribution < -0.4 is 10.1 Å². The Labute approximate surface area is 152 Å². The molecule has 0 bridgehead atoms. The van der Waals surface area contributed by atoms with E-state index < -0.39 is 11.6 Å². The lowest BCUT2D eigenvalue weighted by Crippen LogP contribution is -2.42. The molecule has 2 aromatic carbocycles. The summed E-state index contributed by atoms with van der Waals surface area (Å²) in [7, 11) is 0. The van der Waals surface area contributed by atoms with Gasteiger partial charge in [-0.3, -0.25) is 4.79 Å². The van der Waals surface area contributed by atoms with Crippen molar-refractivity contribution in [3.63, 3.8) is 0 Å². The van der Waals surface area contributed by atoms with Crippen molar-refractivity contribution in [3.8, 4) is 5.75 Å². The third-order valence-corrected chi connectivity index (χ3v) is 4.42. The average Bonchev–Trinajstić information content (AvgIpc) is 2.89. The number of para-hydroxylation sites is 1. The number of urea groups is 1. The molecule has 3 rings (SSSR count). The highest BCUT2D eigenvalue weighted by molar-refractivity contribution is 6.07. The third-order valence-electron chi connectivity index (χ3n) is 4.42. The second kappa shape index (κ2) is 7.39. The lowest BCUT2D eigenvalue weighted by Gasteiger charge is -2.17. The lowest BCUT2D eigenvalue weighted by molar-refractivity contribution is -0.130. The van der Waals surface area contributed by atoms with Gasteiger partial charge in [-0.25, -0.2) is 4.79 Å². The van der Waals surface area contributed by atoms with E-state index in [0.29, 0.717) is 24.3 Å². The fourth-order valence-corrected chi connectivity index (χ4v) is 2.59. The van der Waals surface area contributed by atoms with Crippen LogP contribution in [0.5, 0.6) is 5.75 Å². The summed E-state index contributed by atoms with van der Waals surface area (Å²) in [6.07, 6.45) is 1.97. The Morgan fingerprint density at radius 3 is 2.50 bits per heavy atom. The van der Waals surface area contributed by atoms with Gasteiger partial charge in [0.2, 0.25) is 0 Å². The predicted molar refractivity (Wildman–Crippen MR) is 98.9 cm³/mol. The first-order valence-corrected chi connectivity index (χ1v) is 8.50. The number of amides is 3. The van der Waals surface area contributed by atoms with Crippen LogP contribution in [0.15, 0.2) is 59.7 Å². The van der Waals surface area contributed by atoms with Gasteiger partial charge in [-0.05, 0) is 31.0 Å². The zero-order valence-electron chi connectivity index (χ0n) is 14.8. The maximum Gasteiger partial charge on any atom is 0.346 e. The monoisotopic (exact) mass is 351 g/mol. The Hall–Kier alpha value is -3.15. The molecule has 1 aliphatic rings. The van der Waals surface area contributed by atoms with Crippen molar-refractivity contribution in [1.82, 2.24) is 10.3 Å². The van der Waals surface area contributed by atoms with E-state index >= 15 is 0 Å². The summed E-state index contributed by atoms with van der Waals surface area (Å²) in [6, 6.07) is 16.7. The van der Waals surface area contributed by atoms with Crippen molar-refractivity contribution in [2.45, 2.75) is 32.4 Å². The van der Waals surface area contributed by atoms with Crippen LogP contribution in [0.1, 0.15) is 31.4 Å². The Morgan fingerprint density at radius 1 is 1.12 bits per heavy atom. The number of carbonyl (C=O) groups is 2. The SMILES string of the molecule is CC[C@@]1(C)NC(=O)N(/N=C\c2ccccc2OCc2ccccc2)C1=O. The Kier molecular flexibility index (Phi) is 5.02. The first kappa shape index (κ1) is 17.7. The van der Waals surface area contributed by atoms with Crippen LogP contribution in [0, 0.1) is 0 Å². The number of hydrazone groups is 1. The highest BCUT2D eigenvalue weighted by Crippen LogP contribution is 2.22. The highest BCUT2D eigenvalue weighted by Gasteiger charge is 2.46. The fraction of sp³-hybridized carbons (Fsp3) is 0.250. The molecule has 0 aliphatic carbocycles. The summed E-state index contributed by atoms with van der Waals surface area (Å²) < 4.78 is 5.86. The zero-order chi connectivity index (χ0) is 18.6. The maximum absolute atomic E-state index is 12.4. The van der Waals surface area contributed by atoms with Crippen LogP contribution in [-0.2, 0) is 11.4 Å². The van der Waals surface area contributed by atoms with E-state index in [-0.39, 0.29) is 5.91 Å². The van der Waals surface area contributed by atoms with Crippen molar-refractivity contribution in [1.29, 1.82) is 0 Å². The molecule has 26 heavy (non-hydrogen) atoms. The minimum Gasteiger partial charge on any atom is -0.488 e. The second-order valence-corrected chi connectivity index (χ2v) is 6.29. The number of ether oxygens (including phenoxy) is 1.